The minimum absolute atomic E-state index is 0.0382. The molecule has 27 heavy (non-hydrogen) atoms. The quantitative estimate of drug-likeness (QED) is 0.823. The zero-order valence-electron chi connectivity index (χ0n) is 15.2. The van der Waals surface area contributed by atoms with Crippen LogP contribution in [0.1, 0.15) is 39.5 Å². The van der Waals surface area contributed by atoms with E-state index in [4.69, 9.17) is 4.74 Å². The number of methoxy groups -OCH3 is 1. The highest BCUT2D eigenvalue weighted by molar-refractivity contribution is 5.94. The smallest absolute Gasteiger partial charge is 0.416 e. The van der Waals surface area contributed by atoms with Crippen LogP contribution in [0.25, 0.3) is 0 Å². The largest absolute Gasteiger partial charge is 0.497 e. The Morgan fingerprint density at radius 2 is 1.78 bits per heavy atom. The number of Topliss-reactive ketones (excluding diaryl/α,β-unsaturated/α-hetero) is 1. The molecular formula is C20H20F3NO3. The number of hydrogen-bond donors (Lipinski definition) is 1. The third-order valence-electron chi connectivity index (χ3n) is 4.11. The van der Waals surface area contributed by atoms with Crippen molar-refractivity contribution >= 4 is 11.7 Å². The molecule has 0 saturated carbocycles. The molecule has 1 N–H and O–H groups in total. The zero-order chi connectivity index (χ0) is 20.2. The molecule has 2 aromatic carbocycles. The lowest BCUT2D eigenvalue weighted by molar-refractivity contribution is -0.138. The predicted molar refractivity (Wildman–Crippen MR) is 94.7 cm³/mol. The second kappa shape index (κ2) is 8.24. The number of carbonyl (C=O) groups excluding carboxylic acids is 2. The molecule has 2 aromatic rings. The Labute approximate surface area is 155 Å². The van der Waals surface area contributed by atoms with E-state index < -0.39 is 17.6 Å². The van der Waals surface area contributed by atoms with Gasteiger partial charge in [0.25, 0.3) is 5.91 Å². The summed E-state index contributed by atoms with van der Waals surface area (Å²) in [4.78, 5) is 23.7. The number of benzene rings is 2. The van der Waals surface area contributed by atoms with Crippen molar-refractivity contribution in [2.45, 2.75) is 33.0 Å². The lowest BCUT2D eigenvalue weighted by atomic mass is 10.0. The molecule has 0 aromatic heterocycles. The van der Waals surface area contributed by atoms with Crippen molar-refractivity contribution in [3.05, 3.63) is 64.2 Å². The van der Waals surface area contributed by atoms with Crippen LogP contribution in [0.4, 0.5) is 13.2 Å². The highest BCUT2D eigenvalue weighted by Gasteiger charge is 2.33. The number of alkyl halides is 3. The Morgan fingerprint density at radius 1 is 1.07 bits per heavy atom. The topological polar surface area (TPSA) is 55.4 Å². The van der Waals surface area contributed by atoms with E-state index >= 15 is 0 Å². The van der Waals surface area contributed by atoms with Gasteiger partial charge in [-0.2, -0.15) is 13.2 Å². The predicted octanol–water partition coefficient (Wildman–Crippen LogP) is 4.08. The first-order chi connectivity index (χ1) is 12.6. The van der Waals surface area contributed by atoms with Crippen LogP contribution < -0.4 is 10.1 Å². The highest BCUT2D eigenvalue weighted by atomic mass is 19.4. The molecule has 0 spiro atoms. The van der Waals surface area contributed by atoms with Gasteiger partial charge in [0.1, 0.15) is 11.5 Å². The van der Waals surface area contributed by atoms with Gasteiger partial charge in [-0.3, -0.25) is 9.59 Å². The molecule has 0 heterocycles. The van der Waals surface area contributed by atoms with Crippen LogP contribution in [-0.2, 0) is 23.9 Å². The number of nitrogens with one attached hydrogen (secondary N) is 1. The number of ether oxygens (including phenoxy) is 1. The van der Waals surface area contributed by atoms with Crippen molar-refractivity contribution in [2.75, 3.05) is 7.11 Å². The molecule has 0 aliphatic rings. The monoisotopic (exact) mass is 379 g/mol. The van der Waals surface area contributed by atoms with Gasteiger partial charge in [-0.1, -0.05) is 12.1 Å². The fourth-order valence-corrected chi connectivity index (χ4v) is 2.65. The Kier molecular flexibility index (Phi) is 6.25. The molecule has 0 radical (unpaired) electrons. The first-order valence-electron chi connectivity index (χ1n) is 8.23. The lowest BCUT2D eigenvalue weighted by Crippen LogP contribution is -2.24. The molecule has 0 fully saturated rings. The van der Waals surface area contributed by atoms with Crippen LogP contribution in [0.2, 0.25) is 0 Å². The first-order valence-corrected chi connectivity index (χ1v) is 8.23. The minimum Gasteiger partial charge on any atom is -0.497 e. The molecule has 144 valence electrons. The summed E-state index contributed by atoms with van der Waals surface area (Å²) in [7, 11) is 1.28. The van der Waals surface area contributed by atoms with Gasteiger partial charge in [0.05, 0.1) is 12.7 Å². The molecule has 0 bridgehead atoms. The van der Waals surface area contributed by atoms with E-state index in [0.717, 1.165) is 17.2 Å². The van der Waals surface area contributed by atoms with Gasteiger partial charge < -0.3 is 10.1 Å². The van der Waals surface area contributed by atoms with E-state index in [9.17, 15) is 22.8 Å². The summed E-state index contributed by atoms with van der Waals surface area (Å²) in [6.45, 7) is 3.00. The molecule has 0 unspecified atom stereocenters. The summed E-state index contributed by atoms with van der Waals surface area (Å²) in [6.07, 6.45) is -4.36. The van der Waals surface area contributed by atoms with Crippen LogP contribution in [0.5, 0.6) is 5.75 Å². The number of carbonyl (C=O) groups is 2. The number of rotatable bonds is 6. The Bertz CT molecular complexity index is 860. The average molecular weight is 379 g/mol. The maximum Gasteiger partial charge on any atom is 0.416 e. The fourth-order valence-electron chi connectivity index (χ4n) is 2.65. The average Bonchev–Trinajstić information content (AvgIpc) is 2.60. The second-order valence-electron chi connectivity index (χ2n) is 6.22. The second-order valence-corrected chi connectivity index (χ2v) is 6.22. The van der Waals surface area contributed by atoms with Crippen molar-refractivity contribution in [3.63, 3.8) is 0 Å². The summed E-state index contributed by atoms with van der Waals surface area (Å²) < 4.78 is 44.5. The molecule has 7 heteroatoms. The molecule has 0 atom stereocenters. The summed E-state index contributed by atoms with van der Waals surface area (Å²) >= 11 is 0. The summed E-state index contributed by atoms with van der Waals surface area (Å²) in [5, 5.41) is 2.50. The Hall–Kier alpha value is -2.83. The maximum atomic E-state index is 13.2. The first kappa shape index (κ1) is 20.5. The van der Waals surface area contributed by atoms with Crippen molar-refractivity contribution < 1.29 is 27.5 Å². The van der Waals surface area contributed by atoms with E-state index in [2.05, 4.69) is 5.32 Å². The molecule has 0 aliphatic heterocycles. The Morgan fingerprint density at radius 3 is 2.37 bits per heavy atom. The van der Waals surface area contributed by atoms with Gasteiger partial charge in [-0.15, -0.1) is 0 Å². The van der Waals surface area contributed by atoms with E-state index in [1.165, 1.54) is 26.2 Å². The van der Waals surface area contributed by atoms with Gasteiger partial charge in [0.15, 0.2) is 0 Å². The van der Waals surface area contributed by atoms with Crippen LogP contribution in [0, 0.1) is 6.92 Å². The third-order valence-corrected chi connectivity index (χ3v) is 4.11. The lowest BCUT2D eigenvalue weighted by Gasteiger charge is -2.15. The van der Waals surface area contributed by atoms with Crippen molar-refractivity contribution in [3.8, 4) is 5.75 Å². The van der Waals surface area contributed by atoms with Crippen LogP contribution >= 0.6 is 0 Å². The van der Waals surface area contributed by atoms with Crippen molar-refractivity contribution in [1.29, 1.82) is 0 Å². The van der Waals surface area contributed by atoms with Gasteiger partial charge >= 0.3 is 6.18 Å². The fraction of sp³-hybridized carbons (Fsp3) is 0.300. The van der Waals surface area contributed by atoms with Crippen LogP contribution in [-0.4, -0.2) is 18.8 Å². The normalized spacial score (nSPS) is 11.2. The zero-order valence-corrected chi connectivity index (χ0v) is 15.2. The van der Waals surface area contributed by atoms with E-state index in [1.807, 2.05) is 6.92 Å². The van der Waals surface area contributed by atoms with E-state index in [-0.39, 0.29) is 30.1 Å². The summed E-state index contributed by atoms with van der Waals surface area (Å²) in [5.41, 5.74) is 0.960. The van der Waals surface area contributed by atoms with E-state index in [0.29, 0.717) is 5.56 Å². The standard InChI is InChI=1S/C20H20F3NO3/c1-12-4-5-14(9-16(12)8-13(2)25)19(26)24-11-15-6-7-17(27-3)10-18(15)20(21,22)23/h4-7,9-10H,8,11H2,1-3H3,(H,24,26). The summed E-state index contributed by atoms with van der Waals surface area (Å²) in [6, 6.07) is 8.46. The Balaban J connectivity index is 2.20. The van der Waals surface area contributed by atoms with Gasteiger partial charge in [0, 0.05) is 18.5 Å². The molecule has 2 rings (SSSR count). The number of aryl methyl sites for hydroxylation is 1. The maximum absolute atomic E-state index is 13.2. The SMILES string of the molecule is COc1ccc(CNC(=O)c2ccc(C)c(CC(C)=O)c2)c(C(F)(F)F)c1. The molecule has 4 nitrogen and oxygen atoms in total. The number of ketones is 1. The number of amides is 1. The van der Waals surface area contributed by atoms with Gasteiger partial charge in [0.2, 0.25) is 0 Å². The molecule has 0 aliphatic carbocycles. The third kappa shape index (κ3) is 5.32. The van der Waals surface area contributed by atoms with Gasteiger partial charge in [-0.05, 0) is 54.8 Å². The summed E-state index contributed by atoms with van der Waals surface area (Å²) in [5.74, 6) is -0.461. The minimum atomic E-state index is -4.56. The molecular weight excluding hydrogens is 359 g/mol. The molecule has 0 saturated heterocycles. The number of halogens is 3. The highest BCUT2D eigenvalue weighted by Crippen LogP contribution is 2.34. The van der Waals surface area contributed by atoms with E-state index in [1.54, 1.807) is 18.2 Å². The van der Waals surface area contributed by atoms with Crippen LogP contribution in [0.3, 0.4) is 0 Å². The number of hydrogen-bond acceptors (Lipinski definition) is 3. The molecule has 1 amide bonds. The van der Waals surface area contributed by atoms with Crippen LogP contribution in [0.15, 0.2) is 36.4 Å². The van der Waals surface area contributed by atoms with Crippen molar-refractivity contribution in [1.82, 2.24) is 5.32 Å². The van der Waals surface area contributed by atoms with Gasteiger partial charge in [-0.25, -0.2) is 0 Å². The van der Waals surface area contributed by atoms with Crippen molar-refractivity contribution in [2.24, 2.45) is 0 Å².